The highest BCUT2D eigenvalue weighted by Crippen LogP contribution is 2.20. The second kappa shape index (κ2) is 11.4. The molecule has 5 rings (SSSR count). The molecule has 0 bridgehead atoms. The van der Waals surface area contributed by atoms with Gasteiger partial charge in [-0.05, 0) is 24.1 Å². The van der Waals surface area contributed by atoms with Crippen LogP contribution in [0.25, 0.3) is 22.5 Å². The Morgan fingerprint density at radius 2 is 1.03 bits per heavy atom. The van der Waals surface area contributed by atoms with E-state index in [1.165, 1.54) is 0 Å². The summed E-state index contributed by atoms with van der Waals surface area (Å²) in [7, 11) is 0. The molecule has 0 aliphatic heterocycles. The van der Waals surface area contributed by atoms with Crippen LogP contribution in [0.3, 0.4) is 0 Å². The van der Waals surface area contributed by atoms with Crippen LogP contribution in [0.1, 0.15) is 11.3 Å². The lowest BCUT2D eigenvalue weighted by atomic mass is 10.1. The molecule has 3 aromatic carbocycles. The van der Waals surface area contributed by atoms with Crippen LogP contribution in [0.4, 0.5) is 11.9 Å². The van der Waals surface area contributed by atoms with Crippen LogP contribution in [-0.2, 0) is 0 Å². The highest BCUT2D eigenvalue weighted by molar-refractivity contribution is 6.29. The van der Waals surface area contributed by atoms with Gasteiger partial charge >= 0.3 is 0 Å². The SMILES string of the molecule is Nc1nc(C#Cc2ccccc2)cc(-c2ccccc2)n1.Nc1nc(Cl)cc(-c2ccccc2)n1. The maximum absolute atomic E-state index is 5.78. The summed E-state index contributed by atoms with van der Waals surface area (Å²) in [6.07, 6.45) is 0. The van der Waals surface area contributed by atoms with Crippen LogP contribution in [0.2, 0.25) is 5.15 Å². The van der Waals surface area contributed by atoms with Gasteiger partial charge in [0.2, 0.25) is 11.9 Å². The Labute approximate surface area is 208 Å². The highest BCUT2D eigenvalue weighted by atomic mass is 35.5. The molecule has 7 heteroatoms. The molecule has 0 unspecified atom stereocenters. The van der Waals surface area contributed by atoms with Gasteiger partial charge in [0, 0.05) is 22.8 Å². The van der Waals surface area contributed by atoms with E-state index in [4.69, 9.17) is 23.1 Å². The van der Waals surface area contributed by atoms with E-state index in [1.54, 1.807) is 6.07 Å². The van der Waals surface area contributed by atoms with Crippen molar-refractivity contribution in [3.8, 4) is 34.4 Å². The first-order chi connectivity index (χ1) is 17.1. The molecular formula is C28H21ClN6. The molecule has 0 amide bonds. The van der Waals surface area contributed by atoms with Gasteiger partial charge in [-0.15, -0.1) is 0 Å². The molecule has 0 spiro atoms. The van der Waals surface area contributed by atoms with E-state index >= 15 is 0 Å². The first-order valence-corrected chi connectivity index (χ1v) is 11.1. The molecule has 170 valence electrons. The maximum Gasteiger partial charge on any atom is 0.221 e. The van der Waals surface area contributed by atoms with Gasteiger partial charge < -0.3 is 11.5 Å². The Hall–Kier alpha value is -4.73. The van der Waals surface area contributed by atoms with Crippen molar-refractivity contribution in [1.82, 2.24) is 19.9 Å². The van der Waals surface area contributed by atoms with Crippen molar-refractivity contribution >= 4 is 23.5 Å². The van der Waals surface area contributed by atoms with E-state index in [1.807, 2.05) is 97.1 Å². The molecule has 0 fully saturated rings. The molecule has 0 aliphatic carbocycles. The van der Waals surface area contributed by atoms with Gasteiger partial charge in [0.15, 0.2) is 0 Å². The fraction of sp³-hybridized carbons (Fsp3) is 0. The lowest BCUT2D eigenvalue weighted by Gasteiger charge is -2.02. The molecule has 0 aliphatic rings. The second-order valence-electron chi connectivity index (χ2n) is 7.28. The summed E-state index contributed by atoms with van der Waals surface area (Å²) in [5.41, 5.74) is 16.3. The van der Waals surface area contributed by atoms with E-state index in [2.05, 4.69) is 31.8 Å². The molecule has 0 saturated heterocycles. The molecule has 6 nitrogen and oxygen atoms in total. The van der Waals surface area contributed by atoms with Crippen LogP contribution >= 0.6 is 11.6 Å². The summed E-state index contributed by atoms with van der Waals surface area (Å²) in [5.74, 6) is 6.52. The van der Waals surface area contributed by atoms with Crippen LogP contribution in [-0.4, -0.2) is 19.9 Å². The van der Waals surface area contributed by atoms with Gasteiger partial charge in [0.05, 0.1) is 11.4 Å². The van der Waals surface area contributed by atoms with Gasteiger partial charge in [0.1, 0.15) is 10.8 Å². The van der Waals surface area contributed by atoms with Gasteiger partial charge in [-0.3, -0.25) is 0 Å². The smallest absolute Gasteiger partial charge is 0.221 e. The molecule has 0 radical (unpaired) electrons. The molecular weight excluding hydrogens is 456 g/mol. The zero-order valence-corrected chi connectivity index (χ0v) is 19.4. The third kappa shape index (κ3) is 6.87. The number of hydrogen-bond donors (Lipinski definition) is 2. The monoisotopic (exact) mass is 476 g/mol. The lowest BCUT2D eigenvalue weighted by molar-refractivity contribution is 1.17. The number of anilines is 2. The number of nitrogens with zero attached hydrogens (tertiary/aromatic N) is 4. The van der Waals surface area contributed by atoms with Gasteiger partial charge in [-0.2, -0.15) is 0 Å². The predicted octanol–water partition coefficient (Wildman–Crippen LogP) is 5.50. The van der Waals surface area contributed by atoms with E-state index in [-0.39, 0.29) is 11.9 Å². The van der Waals surface area contributed by atoms with E-state index in [0.717, 1.165) is 28.1 Å². The summed E-state index contributed by atoms with van der Waals surface area (Å²) >= 11 is 5.77. The lowest BCUT2D eigenvalue weighted by Crippen LogP contribution is -1.98. The normalized spacial score (nSPS) is 9.86. The third-order valence-electron chi connectivity index (χ3n) is 4.70. The average Bonchev–Trinajstić information content (AvgIpc) is 2.89. The van der Waals surface area contributed by atoms with Crippen molar-refractivity contribution in [3.05, 3.63) is 120 Å². The first-order valence-electron chi connectivity index (χ1n) is 10.7. The molecule has 2 aromatic heterocycles. The molecule has 0 saturated carbocycles. The molecule has 35 heavy (non-hydrogen) atoms. The zero-order chi connectivity index (χ0) is 24.5. The minimum atomic E-state index is 0.191. The number of rotatable bonds is 2. The number of benzene rings is 3. The summed E-state index contributed by atoms with van der Waals surface area (Å²) in [4.78, 5) is 16.3. The van der Waals surface area contributed by atoms with E-state index in [0.29, 0.717) is 10.8 Å². The van der Waals surface area contributed by atoms with Crippen molar-refractivity contribution in [3.63, 3.8) is 0 Å². The summed E-state index contributed by atoms with van der Waals surface area (Å²) in [6.45, 7) is 0. The first kappa shape index (κ1) is 23.4. The standard InChI is InChI=1S/C18H13N3.C10H8ClN3/c19-18-20-16(12-11-14-7-3-1-4-8-14)13-17(21-18)15-9-5-2-6-10-15;11-9-6-8(13-10(12)14-9)7-4-2-1-3-5-7/h1-10,13H,(H2,19,20,21);1-6H,(H2,12,13,14). The van der Waals surface area contributed by atoms with E-state index < -0.39 is 0 Å². The van der Waals surface area contributed by atoms with Crippen LogP contribution < -0.4 is 11.5 Å². The predicted molar refractivity (Wildman–Crippen MR) is 141 cm³/mol. The van der Waals surface area contributed by atoms with Crippen LogP contribution in [0.5, 0.6) is 0 Å². The van der Waals surface area contributed by atoms with Gasteiger partial charge in [-0.25, -0.2) is 19.9 Å². The number of nitrogen functional groups attached to an aromatic ring is 2. The summed E-state index contributed by atoms with van der Waals surface area (Å²) < 4.78 is 0. The third-order valence-corrected chi connectivity index (χ3v) is 4.90. The average molecular weight is 477 g/mol. The fourth-order valence-corrected chi connectivity index (χ4v) is 3.33. The topological polar surface area (TPSA) is 104 Å². The Morgan fingerprint density at radius 3 is 1.57 bits per heavy atom. The highest BCUT2D eigenvalue weighted by Gasteiger charge is 2.03. The Bertz CT molecular complexity index is 1440. The number of halogens is 1. The Balaban J connectivity index is 0.000000179. The van der Waals surface area contributed by atoms with E-state index in [9.17, 15) is 0 Å². The van der Waals surface area contributed by atoms with Crippen molar-refractivity contribution in [1.29, 1.82) is 0 Å². The Kier molecular flexibility index (Phi) is 7.64. The maximum atomic E-state index is 5.78. The molecule has 2 heterocycles. The minimum Gasteiger partial charge on any atom is -0.368 e. The van der Waals surface area contributed by atoms with Crippen molar-refractivity contribution < 1.29 is 0 Å². The van der Waals surface area contributed by atoms with Crippen molar-refractivity contribution in [2.75, 3.05) is 11.5 Å². The molecule has 4 N–H and O–H groups in total. The largest absolute Gasteiger partial charge is 0.368 e. The zero-order valence-electron chi connectivity index (χ0n) is 18.6. The van der Waals surface area contributed by atoms with Crippen LogP contribution in [0.15, 0.2) is 103 Å². The van der Waals surface area contributed by atoms with Crippen molar-refractivity contribution in [2.45, 2.75) is 0 Å². The van der Waals surface area contributed by atoms with Gasteiger partial charge in [0.25, 0.3) is 0 Å². The van der Waals surface area contributed by atoms with Crippen LogP contribution in [0, 0.1) is 11.8 Å². The molecule has 5 aromatic rings. The fourth-order valence-electron chi connectivity index (χ4n) is 3.14. The Morgan fingerprint density at radius 1 is 0.543 bits per heavy atom. The number of nitrogens with two attached hydrogens (primary N) is 2. The van der Waals surface area contributed by atoms with Gasteiger partial charge in [-0.1, -0.05) is 96.4 Å². The summed E-state index contributed by atoms with van der Waals surface area (Å²) in [5, 5.41) is 0.358. The quantitative estimate of drug-likeness (QED) is 0.257. The summed E-state index contributed by atoms with van der Waals surface area (Å²) in [6, 6.07) is 32.8. The second-order valence-corrected chi connectivity index (χ2v) is 7.67. The minimum absolute atomic E-state index is 0.191. The van der Waals surface area contributed by atoms with Crippen molar-refractivity contribution in [2.24, 2.45) is 0 Å². The number of hydrogen-bond acceptors (Lipinski definition) is 6. The number of aromatic nitrogens is 4. The molecule has 0 atom stereocenters.